The lowest BCUT2D eigenvalue weighted by Crippen LogP contribution is -2.25. The van der Waals surface area contributed by atoms with Crippen LogP contribution in [-0.2, 0) is 13.1 Å². The molecule has 4 aromatic rings. The molecule has 168 valence electrons. The molecule has 6 heteroatoms. The summed E-state index contributed by atoms with van der Waals surface area (Å²) in [6.45, 7) is 6.65. The molecule has 4 rings (SSSR count). The molecule has 0 unspecified atom stereocenters. The van der Waals surface area contributed by atoms with Crippen LogP contribution in [0.1, 0.15) is 38.3 Å². The normalized spacial score (nSPS) is 10.9. The maximum absolute atomic E-state index is 12.8. The molecular formula is C27H27N3O3. The average molecular weight is 442 g/mol. The van der Waals surface area contributed by atoms with Gasteiger partial charge in [0.1, 0.15) is 11.4 Å². The number of carbonyl (C=O) groups excluding carboxylic acids is 1. The molecule has 6 nitrogen and oxygen atoms in total. The van der Waals surface area contributed by atoms with Gasteiger partial charge in [0.05, 0.1) is 24.7 Å². The number of nitrogens with one attached hydrogen (secondary N) is 1. The van der Waals surface area contributed by atoms with Gasteiger partial charge in [0.25, 0.3) is 11.5 Å². The van der Waals surface area contributed by atoms with Crippen molar-refractivity contribution in [1.82, 2.24) is 14.9 Å². The van der Waals surface area contributed by atoms with E-state index in [9.17, 15) is 9.59 Å². The van der Waals surface area contributed by atoms with E-state index in [1.54, 1.807) is 30.7 Å². The first-order valence-corrected chi connectivity index (χ1v) is 10.8. The number of aromatic nitrogens is 2. The first kappa shape index (κ1) is 22.3. The van der Waals surface area contributed by atoms with E-state index < -0.39 is 0 Å². The predicted octanol–water partition coefficient (Wildman–Crippen LogP) is 4.31. The summed E-state index contributed by atoms with van der Waals surface area (Å²) < 4.78 is 6.91. The third-order valence-corrected chi connectivity index (χ3v) is 5.89. The summed E-state index contributed by atoms with van der Waals surface area (Å²) in [5.74, 6) is 0.632. The molecule has 3 aromatic carbocycles. The zero-order chi connectivity index (χ0) is 23.5. The SMILES string of the molecule is COc1ccc(CNC(=O)c2ccc(Cn3c(=O)c(C)nc4cc(C)c(C)cc43)cc2)cc1. The second-order valence-electron chi connectivity index (χ2n) is 8.24. The van der Waals surface area contributed by atoms with Crippen molar-refractivity contribution < 1.29 is 9.53 Å². The Labute approximate surface area is 192 Å². The van der Waals surface area contributed by atoms with Crippen LogP contribution in [0.3, 0.4) is 0 Å². The summed E-state index contributed by atoms with van der Waals surface area (Å²) in [7, 11) is 1.62. The monoisotopic (exact) mass is 441 g/mol. The van der Waals surface area contributed by atoms with Crippen LogP contribution in [0.4, 0.5) is 0 Å². The van der Waals surface area contributed by atoms with Crippen molar-refractivity contribution in [2.24, 2.45) is 0 Å². The number of methoxy groups -OCH3 is 1. The Hall–Kier alpha value is -3.93. The maximum Gasteiger partial charge on any atom is 0.272 e. The summed E-state index contributed by atoms with van der Waals surface area (Å²) in [4.78, 5) is 29.9. The highest BCUT2D eigenvalue weighted by atomic mass is 16.5. The average Bonchev–Trinajstić information content (AvgIpc) is 2.82. The number of aryl methyl sites for hydroxylation is 3. The van der Waals surface area contributed by atoms with Gasteiger partial charge in [-0.2, -0.15) is 0 Å². The molecule has 0 atom stereocenters. The number of benzene rings is 3. The largest absolute Gasteiger partial charge is 0.497 e. The summed E-state index contributed by atoms with van der Waals surface area (Å²) in [6, 6.07) is 19.0. The fourth-order valence-electron chi connectivity index (χ4n) is 3.75. The molecule has 0 saturated heterocycles. The van der Waals surface area contributed by atoms with E-state index in [1.165, 1.54) is 0 Å². The zero-order valence-electron chi connectivity index (χ0n) is 19.3. The van der Waals surface area contributed by atoms with Gasteiger partial charge in [-0.05, 0) is 79.4 Å². The minimum atomic E-state index is -0.147. The lowest BCUT2D eigenvalue weighted by molar-refractivity contribution is 0.0951. The van der Waals surface area contributed by atoms with Crippen molar-refractivity contribution >= 4 is 16.9 Å². The third-order valence-electron chi connectivity index (χ3n) is 5.89. The number of nitrogens with zero attached hydrogens (tertiary/aromatic N) is 2. The molecule has 0 bridgehead atoms. The van der Waals surface area contributed by atoms with Crippen LogP contribution >= 0.6 is 0 Å². The zero-order valence-corrected chi connectivity index (χ0v) is 19.3. The Morgan fingerprint density at radius 2 is 1.58 bits per heavy atom. The van der Waals surface area contributed by atoms with Crippen molar-refractivity contribution in [3.05, 3.63) is 105 Å². The summed E-state index contributed by atoms with van der Waals surface area (Å²) in [5, 5.41) is 2.93. The third kappa shape index (κ3) is 4.80. The molecule has 0 aliphatic rings. The molecular weight excluding hydrogens is 414 g/mol. The summed E-state index contributed by atoms with van der Waals surface area (Å²) in [5.41, 5.74) is 6.75. The van der Waals surface area contributed by atoms with E-state index in [0.717, 1.165) is 39.0 Å². The van der Waals surface area contributed by atoms with Crippen LogP contribution in [0.2, 0.25) is 0 Å². The molecule has 1 heterocycles. The van der Waals surface area contributed by atoms with Gasteiger partial charge in [-0.25, -0.2) is 4.98 Å². The Kier molecular flexibility index (Phi) is 6.27. The first-order chi connectivity index (χ1) is 15.9. The van der Waals surface area contributed by atoms with Gasteiger partial charge < -0.3 is 14.6 Å². The van der Waals surface area contributed by atoms with E-state index in [2.05, 4.69) is 10.3 Å². The van der Waals surface area contributed by atoms with E-state index in [-0.39, 0.29) is 11.5 Å². The van der Waals surface area contributed by atoms with Crippen LogP contribution in [0.5, 0.6) is 5.75 Å². The molecule has 1 aromatic heterocycles. The Balaban J connectivity index is 1.51. The summed E-state index contributed by atoms with van der Waals surface area (Å²) in [6.07, 6.45) is 0. The number of fused-ring (bicyclic) bond motifs is 1. The van der Waals surface area contributed by atoms with Gasteiger partial charge in [0.2, 0.25) is 0 Å². The molecule has 0 fully saturated rings. The van der Waals surface area contributed by atoms with Crippen LogP contribution < -0.4 is 15.6 Å². The van der Waals surface area contributed by atoms with Gasteiger partial charge in [0, 0.05) is 12.1 Å². The van der Waals surface area contributed by atoms with Crippen LogP contribution in [0.15, 0.2) is 65.5 Å². The number of hydrogen-bond donors (Lipinski definition) is 1. The number of carbonyl (C=O) groups is 1. The quantitative estimate of drug-likeness (QED) is 0.484. The Morgan fingerprint density at radius 3 is 2.24 bits per heavy atom. The van der Waals surface area contributed by atoms with Crippen molar-refractivity contribution in [2.45, 2.75) is 33.9 Å². The van der Waals surface area contributed by atoms with E-state index in [1.807, 2.05) is 62.4 Å². The van der Waals surface area contributed by atoms with Gasteiger partial charge in [0.15, 0.2) is 0 Å². The Bertz CT molecular complexity index is 1370. The minimum Gasteiger partial charge on any atom is -0.497 e. The topological polar surface area (TPSA) is 73.2 Å². The van der Waals surface area contributed by atoms with Gasteiger partial charge in [-0.3, -0.25) is 9.59 Å². The number of ether oxygens (including phenoxy) is 1. The smallest absolute Gasteiger partial charge is 0.272 e. The molecule has 1 N–H and O–H groups in total. The molecule has 1 amide bonds. The minimum absolute atomic E-state index is 0.105. The van der Waals surface area contributed by atoms with Gasteiger partial charge in [-0.1, -0.05) is 24.3 Å². The second kappa shape index (κ2) is 9.28. The number of hydrogen-bond acceptors (Lipinski definition) is 4. The van der Waals surface area contributed by atoms with Crippen molar-refractivity contribution in [2.75, 3.05) is 7.11 Å². The van der Waals surface area contributed by atoms with Crippen molar-refractivity contribution in [3.63, 3.8) is 0 Å². The molecule has 0 spiro atoms. The van der Waals surface area contributed by atoms with Crippen molar-refractivity contribution in [3.8, 4) is 5.75 Å². The number of amides is 1. The molecule has 0 aliphatic heterocycles. The second-order valence-corrected chi connectivity index (χ2v) is 8.24. The number of rotatable bonds is 6. The van der Waals surface area contributed by atoms with E-state index >= 15 is 0 Å². The molecule has 33 heavy (non-hydrogen) atoms. The highest BCUT2D eigenvalue weighted by Gasteiger charge is 2.11. The first-order valence-electron chi connectivity index (χ1n) is 10.8. The van der Waals surface area contributed by atoms with Gasteiger partial charge in [-0.15, -0.1) is 0 Å². The van der Waals surface area contributed by atoms with Crippen LogP contribution in [0, 0.1) is 20.8 Å². The lowest BCUT2D eigenvalue weighted by atomic mass is 10.1. The fourth-order valence-corrected chi connectivity index (χ4v) is 3.75. The Morgan fingerprint density at radius 1 is 0.939 bits per heavy atom. The molecule has 0 saturated carbocycles. The fraction of sp³-hybridized carbons (Fsp3) is 0.222. The molecule has 0 radical (unpaired) electrons. The highest BCUT2D eigenvalue weighted by Crippen LogP contribution is 2.18. The summed E-state index contributed by atoms with van der Waals surface area (Å²) >= 11 is 0. The lowest BCUT2D eigenvalue weighted by Gasteiger charge is -2.13. The maximum atomic E-state index is 12.8. The van der Waals surface area contributed by atoms with Gasteiger partial charge >= 0.3 is 0 Å². The standard InChI is InChI=1S/C27H27N3O3/c1-17-13-24-25(14-18(17)2)30(27(32)19(3)29-24)16-21-5-9-22(10-6-21)26(31)28-15-20-7-11-23(33-4)12-8-20/h5-14H,15-16H2,1-4H3,(H,28,31). The van der Waals surface area contributed by atoms with E-state index in [4.69, 9.17) is 4.74 Å². The van der Waals surface area contributed by atoms with Crippen LogP contribution in [0.25, 0.3) is 11.0 Å². The van der Waals surface area contributed by atoms with Crippen molar-refractivity contribution in [1.29, 1.82) is 0 Å². The van der Waals surface area contributed by atoms with E-state index in [0.29, 0.717) is 24.3 Å². The van der Waals surface area contributed by atoms with Crippen LogP contribution in [-0.4, -0.2) is 22.6 Å². The predicted molar refractivity (Wildman–Crippen MR) is 130 cm³/mol. The highest BCUT2D eigenvalue weighted by molar-refractivity contribution is 5.94. The molecule has 0 aliphatic carbocycles.